The van der Waals surface area contributed by atoms with E-state index in [4.69, 9.17) is 4.52 Å². The Hall–Kier alpha value is -2.21. The molecular weight excluding hydrogens is 326 g/mol. The van der Waals surface area contributed by atoms with Crippen molar-refractivity contribution in [1.29, 1.82) is 0 Å². The zero-order chi connectivity index (χ0) is 17.8. The molecule has 0 unspecified atom stereocenters. The summed E-state index contributed by atoms with van der Waals surface area (Å²) >= 11 is 0. The molecule has 1 fully saturated rings. The van der Waals surface area contributed by atoms with E-state index < -0.39 is 0 Å². The van der Waals surface area contributed by atoms with Gasteiger partial charge >= 0.3 is 0 Å². The van der Waals surface area contributed by atoms with Crippen molar-refractivity contribution in [2.24, 2.45) is 0 Å². The van der Waals surface area contributed by atoms with Crippen LogP contribution in [0.1, 0.15) is 44.4 Å². The number of nitrogens with zero attached hydrogens (tertiary/aromatic N) is 5. The zero-order valence-corrected chi connectivity index (χ0v) is 15.5. The van der Waals surface area contributed by atoms with Crippen LogP contribution in [-0.4, -0.2) is 53.3 Å². The Kier molecular flexibility index (Phi) is 5.29. The fourth-order valence-electron chi connectivity index (χ4n) is 3.66. The minimum atomic E-state index is 0.625. The quantitative estimate of drug-likeness (QED) is 0.840. The number of pyridine rings is 1. The minimum absolute atomic E-state index is 0.625. The number of hydrogen-bond donors (Lipinski definition) is 0. The molecule has 138 valence electrons. The average Bonchev–Trinajstić information content (AvgIpc) is 2.86. The normalized spacial score (nSPS) is 19.7. The lowest BCUT2D eigenvalue weighted by molar-refractivity contribution is 0.360. The summed E-state index contributed by atoms with van der Waals surface area (Å²) in [6.45, 7) is 4.30. The molecule has 2 aliphatic rings. The maximum atomic E-state index is 5.52. The summed E-state index contributed by atoms with van der Waals surface area (Å²) in [5.41, 5.74) is 2.10. The predicted octanol–water partition coefficient (Wildman–Crippen LogP) is 3.62. The van der Waals surface area contributed by atoms with E-state index in [9.17, 15) is 0 Å². The van der Waals surface area contributed by atoms with Crippen LogP contribution in [0, 0.1) is 0 Å². The van der Waals surface area contributed by atoms with Crippen LogP contribution in [0.15, 0.2) is 28.9 Å². The van der Waals surface area contributed by atoms with E-state index in [1.807, 2.05) is 12.3 Å². The third-order valence-electron chi connectivity index (χ3n) is 5.29. The first-order chi connectivity index (χ1) is 12.8. The third-order valence-corrected chi connectivity index (χ3v) is 5.29. The lowest BCUT2D eigenvalue weighted by Gasteiger charge is -2.21. The van der Waals surface area contributed by atoms with E-state index in [1.54, 1.807) is 0 Å². The fourth-order valence-corrected chi connectivity index (χ4v) is 3.66. The summed E-state index contributed by atoms with van der Waals surface area (Å²) in [6.07, 6.45) is 11.1. The molecule has 0 N–H and O–H groups in total. The molecule has 2 aromatic rings. The number of rotatable bonds is 3. The van der Waals surface area contributed by atoms with Crippen LogP contribution < -0.4 is 4.90 Å². The van der Waals surface area contributed by atoms with Gasteiger partial charge in [-0.05, 0) is 57.8 Å². The summed E-state index contributed by atoms with van der Waals surface area (Å²) in [7, 11) is 2.18. The monoisotopic (exact) mass is 353 g/mol. The smallest absolute Gasteiger partial charge is 0.253 e. The topological polar surface area (TPSA) is 58.3 Å². The third kappa shape index (κ3) is 3.96. The van der Waals surface area contributed by atoms with Crippen molar-refractivity contribution < 1.29 is 4.52 Å². The SMILES string of the molecule is CN1CCCN(c2ccc(-c3noc(C4=CCCCCC4)n3)cn2)CC1. The lowest BCUT2D eigenvalue weighted by Crippen LogP contribution is -2.29. The number of allylic oxidation sites excluding steroid dienone is 2. The summed E-state index contributed by atoms with van der Waals surface area (Å²) in [5.74, 6) is 2.32. The highest BCUT2D eigenvalue weighted by molar-refractivity contribution is 5.62. The fraction of sp³-hybridized carbons (Fsp3) is 0.550. The molecule has 0 atom stereocenters. The maximum Gasteiger partial charge on any atom is 0.253 e. The largest absolute Gasteiger partial charge is 0.355 e. The van der Waals surface area contributed by atoms with Crippen LogP contribution in [0.5, 0.6) is 0 Å². The molecule has 1 aliphatic heterocycles. The standard InChI is InChI=1S/C20H27N5O/c1-24-11-6-12-25(14-13-24)18-10-9-17(15-21-18)19-22-20(26-23-19)16-7-4-2-3-5-8-16/h7,9-10,15H,2-6,8,11-14H2,1H3. The van der Waals surface area contributed by atoms with Gasteiger partial charge in [0, 0.05) is 37.0 Å². The van der Waals surface area contributed by atoms with Crippen molar-refractivity contribution in [3.63, 3.8) is 0 Å². The number of hydrogen-bond acceptors (Lipinski definition) is 6. The van der Waals surface area contributed by atoms with Gasteiger partial charge in [0.15, 0.2) is 0 Å². The molecule has 0 amide bonds. The molecule has 6 nitrogen and oxygen atoms in total. The molecule has 4 rings (SSSR count). The highest BCUT2D eigenvalue weighted by atomic mass is 16.5. The molecule has 3 heterocycles. The van der Waals surface area contributed by atoms with Gasteiger partial charge in [0.25, 0.3) is 5.89 Å². The van der Waals surface area contributed by atoms with Crippen molar-refractivity contribution in [3.8, 4) is 11.4 Å². The molecule has 26 heavy (non-hydrogen) atoms. The number of anilines is 1. The van der Waals surface area contributed by atoms with Gasteiger partial charge in [-0.2, -0.15) is 4.98 Å². The van der Waals surface area contributed by atoms with Crippen LogP contribution >= 0.6 is 0 Å². The van der Waals surface area contributed by atoms with Gasteiger partial charge in [-0.3, -0.25) is 0 Å². The van der Waals surface area contributed by atoms with Gasteiger partial charge in [0.05, 0.1) is 0 Å². The van der Waals surface area contributed by atoms with E-state index in [0.29, 0.717) is 11.7 Å². The Labute approximate surface area is 154 Å². The first-order valence-electron chi connectivity index (χ1n) is 9.72. The van der Waals surface area contributed by atoms with E-state index >= 15 is 0 Å². The predicted molar refractivity (Wildman–Crippen MR) is 103 cm³/mol. The Morgan fingerprint density at radius 2 is 1.96 bits per heavy atom. The van der Waals surface area contributed by atoms with Gasteiger partial charge in [-0.15, -0.1) is 0 Å². The summed E-state index contributed by atoms with van der Waals surface area (Å²) in [6, 6.07) is 4.12. The van der Waals surface area contributed by atoms with Gasteiger partial charge in [0.2, 0.25) is 5.82 Å². The zero-order valence-electron chi connectivity index (χ0n) is 15.5. The Morgan fingerprint density at radius 1 is 1.00 bits per heavy atom. The van der Waals surface area contributed by atoms with Gasteiger partial charge < -0.3 is 14.3 Å². The van der Waals surface area contributed by atoms with Crippen molar-refractivity contribution in [2.45, 2.75) is 38.5 Å². The molecule has 1 saturated heterocycles. The lowest BCUT2D eigenvalue weighted by atomic mass is 10.1. The van der Waals surface area contributed by atoms with Crippen LogP contribution in [0.3, 0.4) is 0 Å². The van der Waals surface area contributed by atoms with Crippen LogP contribution in [0.4, 0.5) is 5.82 Å². The van der Waals surface area contributed by atoms with Gasteiger partial charge in [-0.25, -0.2) is 4.98 Å². The van der Waals surface area contributed by atoms with Crippen molar-refractivity contribution in [2.75, 3.05) is 38.1 Å². The molecule has 0 aromatic carbocycles. The molecule has 0 spiro atoms. The average molecular weight is 353 g/mol. The molecule has 6 heteroatoms. The second kappa shape index (κ2) is 7.99. The molecule has 0 radical (unpaired) electrons. The first-order valence-corrected chi connectivity index (χ1v) is 9.72. The minimum Gasteiger partial charge on any atom is -0.355 e. The second-order valence-corrected chi connectivity index (χ2v) is 7.30. The molecule has 1 aliphatic carbocycles. The first kappa shape index (κ1) is 17.2. The maximum absolute atomic E-state index is 5.52. The summed E-state index contributed by atoms with van der Waals surface area (Å²) < 4.78 is 5.52. The summed E-state index contributed by atoms with van der Waals surface area (Å²) in [4.78, 5) is 14.0. The summed E-state index contributed by atoms with van der Waals surface area (Å²) in [5, 5.41) is 4.17. The van der Waals surface area contributed by atoms with Crippen molar-refractivity contribution >= 4 is 11.4 Å². The Balaban J connectivity index is 1.48. The van der Waals surface area contributed by atoms with Crippen molar-refractivity contribution in [1.82, 2.24) is 20.0 Å². The van der Waals surface area contributed by atoms with E-state index in [2.05, 4.69) is 44.1 Å². The van der Waals surface area contributed by atoms with Gasteiger partial charge in [-0.1, -0.05) is 17.7 Å². The molecule has 2 aromatic heterocycles. The number of likely N-dealkylation sites (N-methyl/N-ethyl adjacent to an activating group) is 1. The van der Waals surface area contributed by atoms with E-state index in [0.717, 1.165) is 50.4 Å². The second-order valence-electron chi connectivity index (χ2n) is 7.30. The van der Waals surface area contributed by atoms with Crippen molar-refractivity contribution in [3.05, 3.63) is 30.3 Å². The Bertz CT molecular complexity index is 752. The van der Waals surface area contributed by atoms with Crippen LogP contribution in [-0.2, 0) is 0 Å². The van der Waals surface area contributed by atoms with Gasteiger partial charge in [0.1, 0.15) is 5.82 Å². The van der Waals surface area contributed by atoms with Crippen LogP contribution in [0.2, 0.25) is 0 Å². The van der Waals surface area contributed by atoms with E-state index in [-0.39, 0.29) is 0 Å². The highest BCUT2D eigenvalue weighted by Gasteiger charge is 2.16. The van der Waals surface area contributed by atoms with Crippen LogP contribution in [0.25, 0.3) is 17.0 Å². The molecule has 0 bridgehead atoms. The molecular formula is C20H27N5O. The molecule has 0 saturated carbocycles. The Morgan fingerprint density at radius 3 is 2.85 bits per heavy atom. The van der Waals surface area contributed by atoms with E-state index in [1.165, 1.54) is 31.3 Å². The number of aromatic nitrogens is 3. The highest BCUT2D eigenvalue weighted by Crippen LogP contribution is 2.27.